The molecule has 0 aliphatic carbocycles. The van der Waals surface area contributed by atoms with Gasteiger partial charge in [0.2, 0.25) is 5.91 Å². The fourth-order valence-electron chi connectivity index (χ4n) is 3.47. The van der Waals surface area contributed by atoms with Crippen molar-refractivity contribution >= 4 is 23.6 Å². The highest BCUT2D eigenvalue weighted by Gasteiger charge is 2.27. The Morgan fingerprint density at radius 3 is 2.48 bits per heavy atom. The monoisotopic (exact) mass is 427 g/mol. The molecule has 4 N–H and O–H groups in total. The highest BCUT2D eigenvalue weighted by atomic mass is 16.5. The SMILES string of the molecule is CC(=O)Nc1c(C)cc2c(c1C)CN(C)C(=O)C(O)C2.NC(=O)OCc1ccccc1. The van der Waals surface area contributed by atoms with E-state index in [2.05, 4.69) is 10.1 Å². The average Bonchev–Trinajstić information content (AvgIpc) is 2.82. The van der Waals surface area contributed by atoms with E-state index < -0.39 is 12.2 Å². The first-order chi connectivity index (χ1) is 14.6. The van der Waals surface area contributed by atoms with E-state index in [4.69, 9.17) is 5.73 Å². The normalized spacial score (nSPS) is 15.2. The van der Waals surface area contributed by atoms with E-state index in [1.807, 2.05) is 50.2 Å². The number of carbonyl (C=O) groups is 3. The second-order valence-corrected chi connectivity index (χ2v) is 7.52. The van der Waals surface area contributed by atoms with E-state index >= 15 is 0 Å². The van der Waals surface area contributed by atoms with E-state index in [-0.39, 0.29) is 18.4 Å². The van der Waals surface area contributed by atoms with Crippen molar-refractivity contribution in [2.75, 3.05) is 12.4 Å². The molecule has 1 unspecified atom stereocenters. The average molecular weight is 428 g/mol. The molecule has 8 nitrogen and oxygen atoms in total. The van der Waals surface area contributed by atoms with Crippen molar-refractivity contribution in [3.05, 3.63) is 64.2 Å². The number of hydrogen-bond donors (Lipinski definition) is 3. The molecule has 1 aliphatic heterocycles. The van der Waals surface area contributed by atoms with Crippen molar-refractivity contribution in [3.63, 3.8) is 0 Å². The lowest BCUT2D eigenvalue weighted by Gasteiger charge is -2.20. The standard InChI is InChI=1S/C15H20N2O3.C8H9NO2/c1-8-5-11-6-13(19)15(20)17(4)7-12(11)9(2)14(8)16-10(3)18;9-8(10)11-6-7-4-2-1-3-5-7/h5,13,19H,6-7H2,1-4H3,(H,16,18);1-5H,6H2,(H2,9,10). The number of nitrogens with one attached hydrogen (secondary N) is 1. The van der Waals surface area contributed by atoms with Gasteiger partial charge in [0, 0.05) is 32.6 Å². The minimum absolute atomic E-state index is 0.116. The van der Waals surface area contributed by atoms with E-state index in [1.54, 1.807) is 7.05 Å². The highest BCUT2D eigenvalue weighted by molar-refractivity contribution is 5.91. The molecule has 2 aromatic rings. The molecule has 8 heteroatoms. The van der Waals surface area contributed by atoms with Crippen LogP contribution in [0.15, 0.2) is 36.4 Å². The maximum Gasteiger partial charge on any atom is 0.404 e. The molecule has 0 saturated carbocycles. The van der Waals surface area contributed by atoms with Crippen LogP contribution < -0.4 is 11.1 Å². The van der Waals surface area contributed by atoms with Crippen LogP contribution >= 0.6 is 0 Å². The summed E-state index contributed by atoms with van der Waals surface area (Å²) in [7, 11) is 1.68. The maximum absolute atomic E-state index is 11.9. The number of ether oxygens (including phenoxy) is 1. The van der Waals surface area contributed by atoms with Gasteiger partial charge in [0.15, 0.2) is 0 Å². The van der Waals surface area contributed by atoms with Crippen LogP contribution in [0.3, 0.4) is 0 Å². The zero-order valence-corrected chi connectivity index (χ0v) is 18.3. The highest BCUT2D eigenvalue weighted by Crippen LogP contribution is 2.30. The van der Waals surface area contributed by atoms with Crippen molar-refractivity contribution < 1.29 is 24.2 Å². The van der Waals surface area contributed by atoms with Gasteiger partial charge in [-0.1, -0.05) is 36.4 Å². The number of primary amides is 1. The molecule has 1 aliphatic rings. The van der Waals surface area contributed by atoms with Crippen LogP contribution in [0.1, 0.15) is 34.7 Å². The molecule has 31 heavy (non-hydrogen) atoms. The van der Waals surface area contributed by atoms with E-state index in [1.165, 1.54) is 11.8 Å². The number of amides is 3. The van der Waals surface area contributed by atoms with E-state index in [0.29, 0.717) is 13.0 Å². The summed E-state index contributed by atoms with van der Waals surface area (Å²) in [4.78, 5) is 34.9. The predicted octanol–water partition coefficient (Wildman–Crippen LogP) is 2.42. The second-order valence-electron chi connectivity index (χ2n) is 7.52. The molecule has 3 rings (SSSR count). The third kappa shape index (κ3) is 6.55. The third-order valence-corrected chi connectivity index (χ3v) is 5.00. The predicted molar refractivity (Wildman–Crippen MR) is 117 cm³/mol. The van der Waals surface area contributed by atoms with Crippen LogP contribution in [0, 0.1) is 13.8 Å². The van der Waals surface area contributed by atoms with Crippen LogP contribution in [0.25, 0.3) is 0 Å². The van der Waals surface area contributed by atoms with Gasteiger partial charge in [-0.05, 0) is 41.7 Å². The Hall–Kier alpha value is -3.39. The van der Waals surface area contributed by atoms with Crippen molar-refractivity contribution in [1.29, 1.82) is 0 Å². The molecule has 0 bridgehead atoms. The Morgan fingerprint density at radius 1 is 1.26 bits per heavy atom. The fourth-order valence-corrected chi connectivity index (χ4v) is 3.47. The van der Waals surface area contributed by atoms with Gasteiger partial charge in [-0.15, -0.1) is 0 Å². The third-order valence-electron chi connectivity index (χ3n) is 5.00. The fraction of sp³-hybridized carbons (Fsp3) is 0.348. The summed E-state index contributed by atoms with van der Waals surface area (Å²) in [6.45, 7) is 6.03. The first kappa shape index (κ1) is 23.9. The number of benzene rings is 2. The number of likely N-dealkylation sites (N-methyl/N-ethyl adjacent to an activating group) is 1. The summed E-state index contributed by atoms with van der Waals surface area (Å²) < 4.78 is 4.57. The van der Waals surface area contributed by atoms with E-state index in [9.17, 15) is 19.5 Å². The van der Waals surface area contributed by atoms with Crippen LogP contribution in [-0.2, 0) is 33.9 Å². The zero-order chi connectivity index (χ0) is 23.1. The molecular formula is C23H29N3O5. The quantitative estimate of drug-likeness (QED) is 0.694. The smallest absolute Gasteiger partial charge is 0.404 e. The number of aryl methyl sites for hydroxylation is 1. The van der Waals surface area contributed by atoms with Crippen molar-refractivity contribution in [2.45, 2.75) is 46.4 Å². The zero-order valence-electron chi connectivity index (χ0n) is 18.3. The summed E-state index contributed by atoms with van der Waals surface area (Å²) in [6, 6.07) is 11.3. The minimum atomic E-state index is -0.994. The molecule has 1 atom stereocenters. The van der Waals surface area contributed by atoms with Gasteiger partial charge in [0.25, 0.3) is 5.91 Å². The number of aliphatic hydroxyl groups is 1. The van der Waals surface area contributed by atoms with Gasteiger partial charge in [-0.25, -0.2) is 4.79 Å². The molecule has 0 spiro atoms. The second kappa shape index (κ2) is 10.6. The lowest BCUT2D eigenvalue weighted by atomic mass is 9.94. The Balaban J connectivity index is 0.000000262. The topological polar surface area (TPSA) is 122 Å². The van der Waals surface area contributed by atoms with Crippen LogP contribution in [0.2, 0.25) is 0 Å². The van der Waals surface area contributed by atoms with Gasteiger partial charge >= 0.3 is 6.09 Å². The number of aliphatic hydroxyl groups excluding tert-OH is 1. The molecule has 0 saturated heterocycles. The number of hydrogen-bond acceptors (Lipinski definition) is 5. The minimum Gasteiger partial charge on any atom is -0.445 e. The van der Waals surface area contributed by atoms with Crippen LogP contribution in [0.5, 0.6) is 0 Å². The Labute approximate surface area is 182 Å². The van der Waals surface area contributed by atoms with E-state index in [0.717, 1.165) is 33.5 Å². The molecule has 0 fully saturated rings. The molecule has 3 amide bonds. The molecule has 166 valence electrons. The summed E-state index contributed by atoms with van der Waals surface area (Å²) in [5.74, 6) is -0.381. The Morgan fingerprint density at radius 2 is 1.90 bits per heavy atom. The van der Waals surface area contributed by atoms with Crippen molar-refractivity contribution in [2.24, 2.45) is 5.73 Å². The van der Waals surface area contributed by atoms with Crippen molar-refractivity contribution in [1.82, 2.24) is 4.90 Å². The van der Waals surface area contributed by atoms with Crippen molar-refractivity contribution in [3.8, 4) is 0 Å². The number of nitrogens with zero attached hydrogens (tertiary/aromatic N) is 1. The molecule has 0 aromatic heterocycles. The largest absolute Gasteiger partial charge is 0.445 e. The summed E-state index contributed by atoms with van der Waals surface area (Å²) in [6.07, 6.45) is -1.42. The number of anilines is 1. The summed E-state index contributed by atoms with van der Waals surface area (Å²) in [5.41, 5.74) is 10.4. The Bertz CT molecular complexity index is 959. The summed E-state index contributed by atoms with van der Waals surface area (Å²) in [5, 5.41) is 12.8. The lowest BCUT2D eigenvalue weighted by Crippen LogP contribution is -2.34. The maximum atomic E-state index is 11.9. The molecule has 2 aromatic carbocycles. The first-order valence-electron chi connectivity index (χ1n) is 9.88. The van der Waals surface area contributed by atoms with Gasteiger partial charge in [0.05, 0.1) is 0 Å². The van der Waals surface area contributed by atoms with Gasteiger partial charge in [0.1, 0.15) is 12.7 Å². The number of fused-ring (bicyclic) bond motifs is 1. The molecule has 1 heterocycles. The Kier molecular flexibility index (Phi) is 8.15. The summed E-state index contributed by atoms with van der Waals surface area (Å²) >= 11 is 0. The van der Waals surface area contributed by atoms with Crippen LogP contribution in [-0.4, -0.2) is 41.1 Å². The number of carbonyl (C=O) groups excluding carboxylic acids is 3. The van der Waals surface area contributed by atoms with Gasteiger partial charge in [-0.2, -0.15) is 0 Å². The number of rotatable bonds is 3. The van der Waals surface area contributed by atoms with Gasteiger partial charge < -0.3 is 25.8 Å². The van der Waals surface area contributed by atoms with Gasteiger partial charge in [-0.3, -0.25) is 9.59 Å². The molecular weight excluding hydrogens is 398 g/mol. The molecule has 0 radical (unpaired) electrons. The first-order valence-corrected chi connectivity index (χ1v) is 9.88. The van der Waals surface area contributed by atoms with Crippen LogP contribution in [0.4, 0.5) is 10.5 Å². The lowest BCUT2D eigenvalue weighted by molar-refractivity contribution is -0.138. The number of nitrogens with two attached hydrogens (primary N) is 1.